The lowest BCUT2D eigenvalue weighted by Crippen LogP contribution is -2.38. The van der Waals surface area contributed by atoms with E-state index in [0.29, 0.717) is 45.1 Å². The molecule has 1 aliphatic heterocycles. The molecule has 0 saturated heterocycles. The summed E-state index contributed by atoms with van der Waals surface area (Å²) in [6, 6.07) is 14.1. The maximum absolute atomic E-state index is 15.1. The number of hydrogen-bond donors (Lipinski definition) is 1. The molecule has 1 amide bonds. The lowest BCUT2D eigenvalue weighted by Gasteiger charge is -2.22. The number of ether oxygens (including phenoxy) is 2. The molecule has 2 aromatic heterocycles. The molecule has 0 fully saturated rings. The summed E-state index contributed by atoms with van der Waals surface area (Å²) in [7, 11) is 1.54. The minimum Gasteiger partial charge on any atom is -0.485 e. The molecule has 0 aliphatic carbocycles. The van der Waals surface area contributed by atoms with E-state index in [1.165, 1.54) is 22.3 Å². The Labute approximate surface area is 215 Å². The summed E-state index contributed by atoms with van der Waals surface area (Å²) in [4.78, 5) is 26.9. The number of aryl methyl sites for hydroxylation is 1. The summed E-state index contributed by atoms with van der Waals surface area (Å²) in [5, 5.41) is 10.5. The van der Waals surface area contributed by atoms with E-state index in [0.717, 1.165) is 15.8 Å². The molecule has 0 bridgehead atoms. The molecule has 6 rings (SSSR count). The first-order chi connectivity index (χ1) is 17.9. The van der Waals surface area contributed by atoms with Crippen molar-refractivity contribution in [3.63, 3.8) is 0 Å². The van der Waals surface area contributed by atoms with Crippen molar-refractivity contribution in [3.05, 3.63) is 71.7 Å². The molecule has 5 aromatic rings. The van der Waals surface area contributed by atoms with Gasteiger partial charge in [0.25, 0.3) is 0 Å². The van der Waals surface area contributed by atoms with Crippen LogP contribution in [-0.2, 0) is 6.42 Å². The second-order valence-electron chi connectivity index (χ2n) is 8.80. The van der Waals surface area contributed by atoms with Gasteiger partial charge in [0.1, 0.15) is 11.1 Å². The van der Waals surface area contributed by atoms with Crippen LogP contribution in [0.2, 0.25) is 0 Å². The van der Waals surface area contributed by atoms with E-state index in [9.17, 15) is 9.90 Å². The van der Waals surface area contributed by atoms with Gasteiger partial charge < -0.3 is 14.6 Å². The number of fused-ring (bicyclic) bond motifs is 4. The molecule has 1 atom stereocenters. The zero-order chi connectivity index (χ0) is 25.7. The molecule has 10 heteroatoms. The SMILES string of the molecule is COc1cnc2c(-c3nc4cc(F)c5c(c4s3)C[C@@H](CN(C(=O)O)c3ccccc3)O5)cc(C)cc2n1. The van der Waals surface area contributed by atoms with E-state index in [4.69, 9.17) is 14.5 Å². The van der Waals surface area contributed by atoms with Gasteiger partial charge in [-0.2, -0.15) is 0 Å². The molecule has 0 spiro atoms. The number of hydrogen-bond acceptors (Lipinski definition) is 7. The van der Waals surface area contributed by atoms with E-state index >= 15 is 4.39 Å². The third-order valence-electron chi connectivity index (χ3n) is 6.29. The second kappa shape index (κ2) is 8.97. The molecule has 3 aromatic carbocycles. The monoisotopic (exact) mass is 516 g/mol. The third-order valence-corrected chi connectivity index (χ3v) is 7.46. The topological polar surface area (TPSA) is 97.7 Å². The van der Waals surface area contributed by atoms with Crippen LogP contribution in [0.5, 0.6) is 11.6 Å². The lowest BCUT2D eigenvalue weighted by molar-refractivity contribution is 0.190. The zero-order valence-corrected chi connectivity index (χ0v) is 20.8. The predicted molar refractivity (Wildman–Crippen MR) is 139 cm³/mol. The van der Waals surface area contributed by atoms with E-state index in [1.54, 1.807) is 37.6 Å². The largest absolute Gasteiger partial charge is 0.485 e. The number of thiazole rings is 1. The predicted octanol–water partition coefficient (Wildman–Crippen LogP) is 5.85. The molecular formula is C27H21FN4O4S. The van der Waals surface area contributed by atoms with Crippen molar-refractivity contribution in [3.8, 4) is 22.2 Å². The van der Waals surface area contributed by atoms with E-state index in [1.807, 2.05) is 25.1 Å². The number of amides is 1. The highest BCUT2D eigenvalue weighted by Crippen LogP contribution is 2.43. The first-order valence-electron chi connectivity index (χ1n) is 11.6. The van der Waals surface area contributed by atoms with Crippen LogP contribution in [0.3, 0.4) is 0 Å². The van der Waals surface area contributed by atoms with Crippen molar-refractivity contribution in [2.75, 3.05) is 18.6 Å². The number of carbonyl (C=O) groups is 1. The van der Waals surface area contributed by atoms with Crippen LogP contribution in [0.1, 0.15) is 11.1 Å². The minimum atomic E-state index is -1.10. The average molecular weight is 517 g/mol. The quantitative estimate of drug-likeness (QED) is 0.313. The zero-order valence-electron chi connectivity index (χ0n) is 19.9. The van der Waals surface area contributed by atoms with Crippen molar-refractivity contribution in [1.29, 1.82) is 0 Å². The lowest BCUT2D eigenvalue weighted by atomic mass is 10.1. The smallest absolute Gasteiger partial charge is 0.411 e. The molecule has 0 radical (unpaired) electrons. The minimum absolute atomic E-state index is 0.0700. The Bertz CT molecular complexity index is 1670. The van der Waals surface area contributed by atoms with Gasteiger partial charge in [-0.05, 0) is 36.8 Å². The van der Waals surface area contributed by atoms with Crippen molar-refractivity contribution >= 4 is 44.4 Å². The van der Waals surface area contributed by atoms with Crippen molar-refractivity contribution in [1.82, 2.24) is 15.0 Å². The average Bonchev–Trinajstić information content (AvgIpc) is 3.51. The van der Waals surface area contributed by atoms with E-state index < -0.39 is 18.0 Å². The third kappa shape index (κ3) is 4.09. The molecule has 37 heavy (non-hydrogen) atoms. The molecule has 1 aliphatic rings. The van der Waals surface area contributed by atoms with Gasteiger partial charge in [-0.15, -0.1) is 11.3 Å². The summed E-state index contributed by atoms with van der Waals surface area (Å²) >= 11 is 1.43. The second-order valence-corrected chi connectivity index (χ2v) is 9.80. The fraction of sp³-hybridized carbons (Fsp3) is 0.185. The van der Waals surface area contributed by atoms with Crippen LogP contribution in [0.4, 0.5) is 14.9 Å². The molecule has 186 valence electrons. The van der Waals surface area contributed by atoms with Gasteiger partial charge in [0, 0.05) is 29.3 Å². The Kier molecular flexibility index (Phi) is 5.60. The molecule has 8 nitrogen and oxygen atoms in total. The fourth-order valence-electron chi connectivity index (χ4n) is 4.66. The van der Waals surface area contributed by atoms with Crippen LogP contribution in [0.25, 0.3) is 31.8 Å². The first-order valence-corrected chi connectivity index (χ1v) is 12.4. The van der Waals surface area contributed by atoms with Gasteiger partial charge in [0.15, 0.2) is 11.6 Å². The molecule has 1 N–H and O–H groups in total. The molecule has 0 unspecified atom stereocenters. The van der Waals surface area contributed by atoms with Crippen LogP contribution in [0.15, 0.2) is 54.7 Å². The van der Waals surface area contributed by atoms with Crippen molar-refractivity contribution in [2.24, 2.45) is 0 Å². The summed E-state index contributed by atoms with van der Waals surface area (Å²) in [5.74, 6) is 0.0640. The number of anilines is 1. The summed E-state index contributed by atoms with van der Waals surface area (Å²) < 4.78 is 27.1. The molecular weight excluding hydrogens is 495 g/mol. The summed E-state index contributed by atoms with van der Waals surface area (Å²) in [6.45, 7) is 2.04. The van der Waals surface area contributed by atoms with Crippen molar-refractivity contribution < 1.29 is 23.8 Å². The Morgan fingerprint density at radius 1 is 1.22 bits per heavy atom. The summed E-state index contributed by atoms with van der Waals surface area (Å²) in [5.41, 5.74) is 4.90. The number of aromatic nitrogens is 3. The van der Waals surface area contributed by atoms with E-state index in [2.05, 4.69) is 9.97 Å². The van der Waals surface area contributed by atoms with E-state index in [-0.39, 0.29) is 12.3 Å². The highest BCUT2D eigenvalue weighted by molar-refractivity contribution is 7.22. The normalized spacial score (nSPS) is 14.5. The highest BCUT2D eigenvalue weighted by Gasteiger charge is 2.32. The fourth-order valence-corrected chi connectivity index (χ4v) is 5.77. The van der Waals surface area contributed by atoms with Gasteiger partial charge in [-0.25, -0.2) is 24.1 Å². The number of methoxy groups -OCH3 is 1. The number of rotatable bonds is 5. The maximum atomic E-state index is 15.1. The number of nitrogens with zero attached hydrogens (tertiary/aromatic N) is 4. The standard InChI is InChI=1S/C27H21FN4O4S/c1-14-8-17(23-20(9-14)30-22(35-2)12-29-23)26-31-21-11-19(28)24-18(25(21)37-26)10-16(36-24)13-32(27(33)34)15-6-4-3-5-7-15/h3-9,11-12,16H,10,13H2,1-2H3,(H,33,34)/t16-/m0/s1. The maximum Gasteiger partial charge on any atom is 0.411 e. The van der Waals surface area contributed by atoms with Gasteiger partial charge >= 0.3 is 6.09 Å². The Morgan fingerprint density at radius 3 is 2.78 bits per heavy atom. The number of carboxylic acid groups (broad SMARTS) is 1. The van der Waals surface area contributed by atoms with Gasteiger partial charge in [-0.1, -0.05) is 18.2 Å². The highest BCUT2D eigenvalue weighted by atomic mass is 32.1. The Hall–Kier alpha value is -4.31. The first kappa shape index (κ1) is 23.1. The van der Waals surface area contributed by atoms with Crippen LogP contribution < -0.4 is 14.4 Å². The number of halogens is 1. The Morgan fingerprint density at radius 2 is 2.03 bits per heavy atom. The van der Waals surface area contributed by atoms with Gasteiger partial charge in [0.05, 0.1) is 41.1 Å². The molecule has 3 heterocycles. The number of benzene rings is 3. The van der Waals surface area contributed by atoms with Crippen molar-refractivity contribution in [2.45, 2.75) is 19.4 Å². The van der Waals surface area contributed by atoms with Gasteiger partial charge in [-0.3, -0.25) is 4.90 Å². The molecule has 0 saturated carbocycles. The van der Waals surface area contributed by atoms with Gasteiger partial charge in [0.2, 0.25) is 5.88 Å². The van der Waals surface area contributed by atoms with Crippen LogP contribution in [-0.4, -0.2) is 45.9 Å². The summed E-state index contributed by atoms with van der Waals surface area (Å²) in [6.07, 6.45) is 0.300. The van der Waals surface area contributed by atoms with Crippen LogP contribution >= 0.6 is 11.3 Å². The number of para-hydroxylation sites is 1. The van der Waals surface area contributed by atoms with Crippen LogP contribution in [0, 0.1) is 12.7 Å². The Balaban J connectivity index is 1.38.